The van der Waals surface area contributed by atoms with Crippen molar-refractivity contribution >= 4 is 41.2 Å². The molecule has 2 atom stereocenters. The number of β-lactam (4-membered cyclic amide) rings is 1. The third-order valence-electron chi connectivity index (χ3n) is 3.89. The van der Waals surface area contributed by atoms with Gasteiger partial charge in [-0.15, -0.1) is 11.8 Å². The fraction of sp³-hybridized carbons (Fsp3) is 0.400. The molecule has 132 valence electrons. The van der Waals surface area contributed by atoms with Crippen LogP contribution in [0.2, 0.25) is 0 Å². The SMILES string of the molecule is CCOC(=O)C1CC(/C=C2/C(=O)N3C(C(=O)O)=CS[C@H]23)=NN1C(C)=O. The number of hydrogen-bond donors (Lipinski definition) is 1. The number of hydrazone groups is 1. The highest BCUT2D eigenvalue weighted by atomic mass is 32.2. The topological polar surface area (TPSA) is 117 Å². The predicted molar refractivity (Wildman–Crippen MR) is 87.0 cm³/mol. The third kappa shape index (κ3) is 2.82. The fourth-order valence-corrected chi connectivity index (χ4v) is 3.90. The van der Waals surface area contributed by atoms with Crippen molar-refractivity contribution in [1.82, 2.24) is 9.91 Å². The summed E-state index contributed by atoms with van der Waals surface area (Å²) in [5, 5.41) is 15.2. The number of esters is 1. The van der Waals surface area contributed by atoms with Gasteiger partial charge in [-0.1, -0.05) is 0 Å². The van der Waals surface area contributed by atoms with Gasteiger partial charge in [0.1, 0.15) is 11.1 Å². The maximum atomic E-state index is 12.2. The van der Waals surface area contributed by atoms with Gasteiger partial charge in [0.2, 0.25) is 5.91 Å². The largest absolute Gasteiger partial charge is 0.477 e. The van der Waals surface area contributed by atoms with Crippen LogP contribution in [0.5, 0.6) is 0 Å². The summed E-state index contributed by atoms with van der Waals surface area (Å²) in [6, 6.07) is -0.848. The first-order chi connectivity index (χ1) is 11.8. The summed E-state index contributed by atoms with van der Waals surface area (Å²) in [5.41, 5.74) is 0.741. The van der Waals surface area contributed by atoms with Crippen molar-refractivity contribution in [3.63, 3.8) is 0 Å². The number of carboxylic acids is 1. The van der Waals surface area contributed by atoms with Crippen molar-refractivity contribution in [2.45, 2.75) is 31.7 Å². The van der Waals surface area contributed by atoms with Crippen LogP contribution in [0, 0.1) is 0 Å². The number of ether oxygens (including phenoxy) is 1. The van der Waals surface area contributed by atoms with E-state index < -0.39 is 35.2 Å². The monoisotopic (exact) mass is 365 g/mol. The quantitative estimate of drug-likeness (QED) is 0.432. The number of hydrogen-bond acceptors (Lipinski definition) is 7. The maximum Gasteiger partial charge on any atom is 0.353 e. The normalized spacial score (nSPS) is 26.2. The minimum absolute atomic E-state index is 0.0553. The average molecular weight is 365 g/mol. The third-order valence-corrected chi connectivity index (χ3v) is 4.97. The lowest BCUT2D eigenvalue weighted by Gasteiger charge is -2.37. The number of aliphatic carboxylic acids is 1. The number of allylic oxidation sites excluding steroid dienone is 1. The molecule has 9 nitrogen and oxygen atoms in total. The Kier molecular flexibility index (Phi) is 4.38. The van der Waals surface area contributed by atoms with Crippen LogP contribution < -0.4 is 0 Å². The highest BCUT2D eigenvalue weighted by Gasteiger charge is 2.50. The van der Waals surface area contributed by atoms with Gasteiger partial charge in [-0.25, -0.2) is 14.6 Å². The second kappa shape index (κ2) is 6.36. The molecule has 10 heteroatoms. The van der Waals surface area contributed by atoms with Crippen LogP contribution in [0.4, 0.5) is 0 Å². The highest BCUT2D eigenvalue weighted by molar-refractivity contribution is 8.03. The minimum atomic E-state index is -1.16. The van der Waals surface area contributed by atoms with Crippen molar-refractivity contribution < 1.29 is 29.0 Å². The van der Waals surface area contributed by atoms with E-state index in [2.05, 4.69) is 5.10 Å². The summed E-state index contributed by atoms with van der Waals surface area (Å²) < 4.78 is 4.95. The van der Waals surface area contributed by atoms with E-state index in [-0.39, 0.29) is 18.7 Å². The Balaban J connectivity index is 1.78. The molecule has 1 saturated heterocycles. The number of amides is 2. The Morgan fingerprint density at radius 1 is 1.48 bits per heavy atom. The first kappa shape index (κ1) is 17.2. The van der Waals surface area contributed by atoms with Crippen LogP contribution >= 0.6 is 11.8 Å². The van der Waals surface area contributed by atoms with Gasteiger partial charge in [0, 0.05) is 18.8 Å². The second-order valence-corrected chi connectivity index (χ2v) is 6.45. The molecule has 0 saturated carbocycles. The summed E-state index contributed by atoms with van der Waals surface area (Å²) in [4.78, 5) is 48.1. The number of nitrogens with zero attached hydrogens (tertiary/aromatic N) is 3. The van der Waals surface area contributed by atoms with Gasteiger partial charge in [-0.2, -0.15) is 5.10 Å². The molecule has 3 heterocycles. The lowest BCUT2D eigenvalue weighted by atomic mass is 10.0. The van der Waals surface area contributed by atoms with Crippen molar-refractivity contribution in [3.8, 4) is 0 Å². The zero-order valence-electron chi connectivity index (χ0n) is 13.5. The molecule has 0 aromatic heterocycles. The second-order valence-electron chi connectivity index (χ2n) is 5.50. The molecule has 0 aromatic rings. The molecule has 3 aliphatic rings. The summed E-state index contributed by atoms with van der Waals surface area (Å²) in [6.45, 7) is 3.14. The number of carbonyl (C=O) groups is 4. The van der Waals surface area contributed by atoms with E-state index >= 15 is 0 Å². The molecule has 3 rings (SSSR count). The number of carboxylic acid groups (broad SMARTS) is 1. The van der Waals surface area contributed by atoms with Crippen LogP contribution in [0.15, 0.2) is 27.9 Å². The molecule has 0 aromatic carbocycles. The summed E-state index contributed by atoms with van der Waals surface area (Å²) >= 11 is 1.21. The summed E-state index contributed by atoms with van der Waals surface area (Å²) in [5.74, 6) is -2.54. The van der Waals surface area contributed by atoms with E-state index in [4.69, 9.17) is 9.84 Å². The first-order valence-electron chi connectivity index (χ1n) is 7.53. The summed E-state index contributed by atoms with van der Waals surface area (Å²) in [7, 11) is 0. The molecule has 25 heavy (non-hydrogen) atoms. The maximum absolute atomic E-state index is 12.2. The van der Waals surface area contributed by atoms with Crippen molar-refractivity contribution in [1.29, 1.82) is 0 Å². The van der Waals surface area contributed by atoms with Crippen LogP contribution in [0.1, 0.15) is 20.3 Å². The lowest BCUT2D eigenvalue weighted by Crippen LogP contribution is -2.51. The average Bonchev–Trinajstić information content (AvgIpc) is 3.15. The Labute approximate surface area is 147 Å². The highest BCUT2D eigenvalue weighted by Crippen LogP contribution is 2.44. The van der Waals surface area contributed by atoms with Gasteiger partial charge >= 0.3 is 11.9 Å². The molecule has 3 aliphatic heterocycles. The Hall–Kier alpha value is -2.62. The van der Waals surface area contributed by atoms with E-state index in [9.17, 15) is 19.2 Å². The Bertz CT molecular complexity index is 771. The van der Waals surface area contributed by atoms with Gasteiger partial charge in [0.05, 0.1) is 17.9 Å². The molecule has 1 fully saturated rings. The predicted octanol–water partition coefficient (Wildman–Crippen LogP) is 0.294. The van der Waals surface area contributed by atoms with Crippen LogP contribution in [0.3, 0.4) is 0 Å². The van der Waals surface area contributed by atoms with Gasteiger partial charge in [-0.05, 0) is 13.0 Å². The summed E-state index contributed by atoms with van der Waals surface area (Å²) in [6.07, 6.45) is 1.66. The number of rotatable bonds is 4. The minimum Gasteiger partial charge on any atom is -0.477 e. The van der Waals surface area contributed by atoms with E-state index in [1.165, 1.54) is 35.1 Å². The molecule has 2 amide bonds. The van der Waals surface area contributed by atoms with Crippen molar-refractivity contribution in [2.24, 2.45) is 5.10 Å². The lowest BCUT2D eigenvalue weighted by molar-refractivity contribution is -0.153. The van der Waals surface area contributed by atoms with E-state index in [1.807, 2.05) is 0 Å². The Morgan fingerprint density at radius 2 is 2.20 bits per heavy atom. The zero-order chi connectivity index (χ0) is 18.3. The standard InChI is InChI=1S/C15H15N3O6S/c1-3-24-15(23)10-5-8(16-18(10)7(2)19)4-9-12(20)17-11(14(21)22)6-25-13(9)17/h4,6,10,13H,3,5H2,1-2H3,(H,21,22)/b9-4-/t10?,13-/m1/s1. The molecule has 0 radical (unpaired) electrons. The number of carbonyl (C=O) groups excluding carboxylic acids is 3. The van der Waals surface area contributed by atoms with Gasteiger partial charge in [0.15, 0.2) is 6.04 Å². The van der Waals surface area contributed by atoms with Gasteiger partial charge < -0.3 is 9.84 Å². The van der Waals surface area contributed by atoms with Crippen LogP contribution in [0.25, 0.3) is 0 Å². The molecular formula is C15H15N3O6S. The number of thioether (sulfide) groups is 1. The van der Waals surface area contributed by atoms with Crippen LogP contribution in [-0.4, -0.2) is 62.5 Å². The smallest absolute Gasteiger partial charge is 0.353 e. The molecular weight excluding hydrogens is 350 g/mol. The van der Waals surface area contributed by atoms with E-state index in [0.717, 1.165) is 5.01 Å². The Morgan fingerprint density at radius 3 is 2.80 bits per heavy atom. The molecule has 0 spiro atoms. The van der Waals surface area contributed by atoms with E-state index in [0.29, 0.717) is 11.3 Å². The number of fused-ring (bicyclic) bond motifs is 1. The molecule has 0 aliphatic carbocycles. The van der Waals surface area contributed by atoms with Crippen molar-refractivity contribution in [2.75, 3.05) is 6.61 Å². The van der Waals surface area contributed by atoms with Crippen LogP contribution in [-0.2, 0) is 23.9 Å². The van der Waals surface area contributed by atoms with Crippen molar-refractivity contribution in [3.05, 3.63) is 22.8 Å². The van der Waals surface area contributed by atoms with Gasteiger partial charge in [0.25, 0.3) is 5.91 Å². The fourth-order valence-electron chi connectivity index (χ4n) is 2.78. The zero-order valence-corrected chi connectivity index (χ0v) is 14.3. The first-order valence-corrected chi connectivity index (χ1v) is 8.47. The van der Waals surface area contributed by atoms with E-state index in [1.54, 1.807) is 6.92 Å². The molecule has 0 bridgehead atoms. The molecule has 1 N–H and O–H groups in total. The molecule has 1 unspecified atom stereocenters. The van der Waals surface area contributed by atoms with Gasteiger partial charge in [-0.3, -0.25) is 14.5 Å².